The first kappa shape index (κ1) is 13.8. The highest BCUT2D eigenvalue weighted by atomic mass is 16.5. The van der Waals surface area contributed by atoms with Crippen molar-refractivity contribution in [1.29, 1.82) is 0 Å². The van der Waals surface area contributed by atoms with Crippen LogP contribution >= 0.6 is 0 Å². The van der Waals surface area contributed by atoms with E-state index in [0.717, 1.165) is 13.1 Å². The van der Waals surface area contributed by atoms with Crippen molar-refractivity contribution in [3.8, 4) is 0 Å². The summed E-state index contributed by atoms with van der Waals surface area (Å²) in [6, 6.07) is 0. The Hall–Kier alpha value is -0.160. The van der Waals surface area contributed by atoms with Gasteiger partial charge in [-0.2, -0.15) is 0 Å². The Kier molecular flexibility index (Phi) is 8.08. The molecule has 0 rings (SSSR count). The maximum atomic E-state index is 9.83. The van der Waals surface area contributed by atoms with Gasteiger partial charge in [0, 0.05) is 20.8 Å². The van der Waals surface area contributed by atoms with E-state index < -0.39 is 6.10 Å². The van der Waals surface area contributed by atoms with Gasteiger partial charge in [-0.3, -0.25) is 0 Å². The van der Waals surface area contributed by atoms with Crippen molar-refractivity contribution in [2.24, 2.45) is 0 Å². The maximum absolute atomic E-state index is 9.83. The van der Waals surface area contributed by atoms with E-state index in [1.165, 1.54) is 0 Å². The van der Waals surface area contributed by atoms with Gasteiger partial charge in [0.05, 0.1) is 12.7 Å². The first-order chi connectivity index (χ1) is 6.69. The summed E-state index contributed by atoms with van der Waals surface area (Å²) in [5, 5.41) is 9.83. The van der Waals surface area contributed by atoms with Crippen molar-refractivity contribution >= 4 is 0 Å². The van der Waals surface area contributed by atoms with E-state index in [9.17, 15) is 5.11 Å². The average Bonchev–Trinajstić information content (AvgIpc) is 2.22. The Labute approximate surface area is 86.8 Å². The molecule has 0 heterocycles. The van der Waals surface area contributed by atoms with Crippen LogP contribution in [-0.4, -0.2) is 62.7 Å². The highest BCUT2D eigenvalue weighted by Crippen LogP contribution is 2.02. The molecule has 0 aromatic rings. The minimum atomic E-state index is -0.486. The molecule has 0 aliphatic rings. The van der Waals surface area contributed by atoms with E-state index in [1.807, 2.05) is 0 Å². The molecular formula is C10H23NO3. The van der Waals surface area contributed by atoms with Crippen molar-refractivity contribution < 1.29 is 14.6 Å². The summed E-state index contributed by atoms with van der Waals surface area (Å²) in [5.74, 6) is 0. The third-order valence-corrected chi connectivity index (χ3v) is 2.40. The largest absolute Gasteiger partial charge is 0.389 e. The number of nitrogens with zero attached hydrogens (tertiary/aromatic N) is 1. The lowest BCUT2D eigenvalue weighted by Gasteiger charge is -2.26. The van der Waals surface area contributed by atoms with Gasteiger partial charge in [0.2, 0.25) is 0 Å². The van der Waals surface area contributed by atoms with E-state index in [1.54, 1.807) is 14.2 Å². The lowest BCUT2D eigenvalue weighted by atomic mass is 10.2. The van der Waals surface area contributed by atoms with Gasteiger partial charge in [0.1, 0.15) is 6.10 Å². The molecule has 0 aliphatic heterocycles. The highest BCUT2D eigenvalue weighted by molar-refractivity contribution is 4.72. The summed E-state index contributed by atoms with van der Waals surface area (Å²) in [4.78, 5) is 2.16. The number of aliphatic hydroxyl groups excluding tert-OH is 1. The molecule has 0 bridgehead atoms. The molecule has 14 heavy (non-hydrogen) atoms. The molecule has 0 amide bonds. The maximum Gasteiger partial charge on any atom is 0.107 e. The SMILES string of the molecule is CCN(CC)C[C@H](O)[C@H](COC)OC. The van der Waals surface area contributed by atoms with Crippen molar-refractivity contribution in [3.63, 3.8) is 0 Å². The van der Waals surface area contributed by atoms with Crippen molar-refractivity contribution in [2.75, 3.05) is 40.5 Å². The zero-order valence-corrected chi connectivity index (χ0v) is 9.69. The monoisotopic (exact) mass is 205 g/mol. The highest BCUT2D eigenvalue weighted by Gasteiger charge is 2.20. The van der Waals surface area contributed by atoms with Crippen LogP contribution in [0.1, 0.15) is 13.8 Å². The molecule has 0 aromatic heterocycles. The van der Waals surface area contributed by atoms with Gasteiger partial charge in [-0.25, -0.2) is 0 Å². The molecule has 0 spiro atoms. The third-order valence-electron chi connectivity index (χ3n) is 2.40. The Morgan fingerprint density at radius 1 is 1.21 bits per heavy atom. The fourth-order valence-electron chi connectivity index (χ4n) is 1.36. The van der Waals surface area contributed by atoms with Crippen LogP contribution in [0.2, 0.25) is 0 Å². The number of rotatable bonds is 8. The fraction of sp³-hybridized carbons (Fsp3) is 1.00. The summed E-state index contributed by atoms with van der Waals surface area (Å²) in [6.07, 6.45) is -0.722. The smallest absolute Gasteiger partial charge is 0.107 e. The van der Waals surface area contributed by atoms with Crippen LogP contribution < -0.4 is 0 Å². The number of hydrogen-bond acceptors (Lipinski definition) is 4. The number of hydrogen-bond donors (Lipinski definition) is 1. The van der Waals surface area contributed by atoms with E-state index in [0.29, 0.717) is 13.2 Å². The molecule has 0 unspecified atom stereocenters. The van der Waals surface area contributed by atoms with Crippen LogP contribution in [0.25, 0.3) is 0 Å². The lowest BCUT2D eigenvalue weighted by Crippen LogP contribution is -2.42. The Morgan fingerprint density at radius 3 is 2.14 bits per heavy atom. The fourth-order valence-corrected chi connectivity index (χ4v) is 1.36. The molecular weight excluding hydrogens is 182 g/mol. The molecule has 86 valence electrons. The van der Waals surface area contributed by atoms with Gasteiger partial charge < -0.3 is 19.5 Å². The topological polar surface area (TPSA) is 41.9 Å². The number of aliphatic hydroxyl groups is 1. The van der Waals surface area contributed by atoms with Crippen LogP contribution in [-0.2, 0) is 9.47 Å². The second kappa shape index (κ2) is 8.17. The van der Waals surface area contributed by atoms with Crippen LogP contribution in [0.4, 0.5) is 0 Å². The van der Waals surface area contributed by atoms with E-state index >= 15 is 0 Å². The second-order valence-corrected chi connectivity index (χ2v) is 3.28. The first-order valence-corrected chi connectivity index (χ1v) is 5.11. The van der Waals surface area contributed by atoms with E-state index in [2.05, 4.69) is 18.7 Å². The molecule has 0 fully saturated rings. The van der Waals surface area contributed by atoms with Crippen LogP contribution in [0.15, 0.2) is 0 Å². The molecule has 0 aromatic carbocycles. The Morgan fingerprint density at radius 2 is 1.79 bits per heavy atom. The molecule has 0 radical (unpaired) electrons. The minimum Gasteiger partial charge on any atom is -0.389 e. The van der Waals surface area contributed by atoms with Crippen LogP contribution in [0, 0.1) is 0 Å². The minimum absolute atomic E-state index is 0.236. The number of methoxy groups -OCH3 is 2. The summed E-state index contributed by atoms with van der Waals surface area (Å²) in [7, 11) is 3.20. The van der Waals surface area contributed by atoms with Crippen LogP contribution in [0.5, 0.6) is 0 Å². The van der Waals surface area contributed by atoms with Gasteiger partial charge in [-0.1, -0.05) is 13.8 Å². The quantitative estimate of drug-likeness (QED) is 0.621. The molecule has 0 saturated heterocycles. The Balaban J connectivity index is 3.94. The first-order valence-electron chi connectivity index (χ1n) is 5.11. The van der Waals surface area contributed by atoms with Gasteiger partial charge in [-0.15, -0.1) is 0 Å². The molecule has 0 saturated carbocycles. The summed E-state index contributed by atoms with van der Waals surface area (Å²) in [6.45, 7) is 7.10. The summed E-state index contributed by atoms with van der Waals surface area (Å²) < 4.78 is 10.1. The summed E-state index contributed by atoms with van der Waals surface area (Å²) in [5.41, 5.74) is 0. The van der Waals surface area contributed by atoms with Gasteiger partial charge >= 0.3 is 0 Å². The number of ether oxygens (including phenoxy) is 2. The predicted octanol–water partition coefficient (Wildman–Crippen LogP) is 0.350. The molecule has 4 heteroatoms. The third kappa shape index (κ3) is 4.91. The predicted molar refractivity (Wildman–Crippen MR) is 56.5 cm³/mol. The normalized spacial score (nSPS) is 15.9. The van der Waals surface area contributed by atoms with Gasteiger partial charge in [0.25, 0.3) is 0 Å². The second-order valence-electron chi connectivity index (χ2n) is 3.28. The van der Waals surface area contributed by atoms with Crippen LogP contribution in [0.3, 0.4) is 0 Å². The number of likely N-dealkylation sites (N-methyl/N-ethyl adjacent to an activating group) is 1. The molecule has 1 N–H and O–H groups in total. The zero-order chi connectivity index (χ0) is 11.0. The van der Waals surface area contributed by atoms with Gasteiger partial charge in [-0.05, 0) is 13.1 Å². The Bertz CT molecular complexity index is 129. The van der Waals surface area contributed by atoms with Crippen molar-refractivity contribution in [2.45, 2.75) is 26.1 Å². The van der Waals surface area contributed by atoms with Gasteiger partial charge in [0.15, 0.2) is 0 Å². The summed E-state index contributed by atoms with van der Waals surface area (Å²) >= 11 is 0. The average molecular weight is 205 g/mol. The van der Waals surface area contributed by atoms with E-state index in [-0.39, 0.29) is 6.10 Å². The molecule has 2 atom stereocenters. The zero-order valence-electron chi connectivity index (χ0n) is 9.69. The standard InChI is InChI=1S/C10H23NO3/c1-5-11(6-2)7-9(12)10(14-4)8-13-3/h9-10,12H,5-8H2,1-4H3/t9-,10-/m0/s1. The van der Waals surface area contributed by atoms with Crippen molar-refractivity contribution in [1.82, 2.24) is 4.90 Å². The molecule has 4 nitrogen and oxygen atoms in total. The van der Waals surface area contributed by atoms with Crippen molar-refractivity contribution in [3.05, 3.63) is 0 Å². The lowest BCUT2D eigenvalue weighted by molar-refractivity contribution is -0.0605. The molecule has 0 aliphatic carbocycles. The van der Waals surface area contributed by atoms with E-state index in [4.69, 9.17) is 9.47 Å².